The Kier molecular flexibility index (Phi) is 3.54. The summed E-state index contributed by atoms with van der Waals surface area (Å²) in [6, 6.07) is 5.96. The minimum atomic E-state index is 0.454. The number of rotatable bonds is 3. The van der Waals surface area contributed by atoms with E-state index in [1.807, 2.05) is 24.1 Å². The Balaban J connectivity index is 2.47. The van der Waals surface area contributed by atoms with Gasteiger partial charge in [0.05, 0.1) is 17.0 Å². The number of halogens is 1. The largest absolute Gasteiger partial charge is 0.289 e. The summed E-state index contributed by atoms with van der Waals surface area (Å²) in [7, 11) is 1.91. The van der Waals surface area contributed by atoms with Gasteiger partial charge in [-0.05, 0) is 19.2 Å². The van der Waals surface area contributed by atoms with Crippen LogP contribution in [0.4, 0.5) is 0 Å². The smallest absolute Gasteiger partial charge is 0.0931 e. The Morgan fingerprint density at radius 3 is 2.92 bits per heavy atom. The van der Waals surface area contributed by atoms with Gasteiger partial charge in [-0.25, -0.2) is 0 Å². The first-order valence-corrected chi connectivity index (χ1v) is 4.71. The Bertz CT molecular complexity index is 289. The summed E-state index contributed by atoms with van der Waals surface area (Å²) in [5, 5.41) is 8.41. The number of thiophene rings is 1. The van der Waals surface area contributed by atoms with Crippen molar-refractivity contribution in [3.8, 4) is 6.07 Å². The third kappa shape index (κ3) is 2.82. The normalized spacial score (nSPS) is 10.2. The fourth-order valence-corrected chi connectivity index (χ4v) is 2.05. The summed E-state index contributed by atoms with van der Waals surface area (Å²) in [5.41, 5.74) is 0. The second-order valence-corrected chi connectivity index (χ2v) is 4.34. The van der Waals surface area contributed by atoms with Gasteiger partial charge in [0, 0.05) is 11.4 Å². The molecule has 0 saturated heterocycles. The van der Waals surface area contributed by atoms with Crippen LogP contribution in [-0.4, -0.2) is 18.5 Å². The summed E-state index contributed by atoms with van der Waals surface area (Å²) in [6.45, 7) is 1.25. The fraction of sp³-hybridized carbons (Fsp3) is 0.375. The maximum Gasteiger partial charge on any atom is 0.0931 e. The molecule has 0 aliphatic carbocycles. The summed E-state index contributed by atoms with van der Waals surface area (Å²) in [6.07, 6.45) is 0. The van der Waals surface area contributed by atoms with Crippen molar-refractivity contribution in [2.75, 3.05) is 13.6 Å². The SMILES string of the molecule is CN(CC#N)Cc1ccc(Cl)s1. The number of hydrogen-bond acceptors (Lipinski definition) is 3. The van der Waals surface area contributed by atoms with Crippen LogP contribution in [0.1, 0.15) is 4.88 Å². The van der Waals surface area contributed by atoms with Crippen molar-refractivity contribution in [3.05, 3.63) is 21.3 Å². The molecular weight excluding hydrogens is 192 g/mol. The quantitative estimate of drug-likeness (QED) is 0.701. The Morgan fingerprint density at radius 1 is 1.67 bits per heavy atom. The van der Waals surface area contributed by atoms with Crippen LogP contribution in [-0.2, 0) is 6.54 Å². The van der Waals surface area contributed by atoms with Gasteiger partial charge >= 0.3 is 0 Å². The summed E-state index contributed by atoms with van der Waals surface area (Å²) < 4.78 is 0.801. The van der Waals surface area contributed by atoms with Crippen molar-refractivity contribution < 1.29 is 0 Å². The van der Waals surface area contributed by atoms with Gasteiger partial charge in [0.2, 0.25) is 0 Å². The lowest BCUT2D eigenvalue weighted by atomic mass is 10.4. The van der Waals surface area contributed by atoms with Gasteiger partial charge in [-0.2, -0.15) is 5.26 Å². The summed E-state index contributed by atoms with van der Waals surface area (Å²) in [5.74, 6) is 0. The predicted molar refractivity (Wildman–Crippen MR) is 51.3 cm³/mol. The Labute approximate surface area is 81.0 Å². The molecule has 0 amide bonds. The Morgan fingerprint density at radius 2 is 2.42 bits per heavy atom. The highest BCUT2D eigenvalue weighted by Gasteiger charge is 2.01. The molecule has 64 valence electrons. The number of nitriles is 1. The van der Waals surface area contributed by atoms with E-state index in [-0.39, 0.29) is 0 Å². The molecule has 0 aliphatic heterocycles. The molecule has 0 atom stereocenters. The van der Waals surface area contributed by atoms with Crippen LogP contribution in [0.3, 0.4) is 0 Å². The third-order valence-corrected chi connectivity index (χ3v) is 2.61. The van der Waals surface area contributed by atoms with Crippen LogP contribution in [0.5, 0.6) is 0 Å². The monoisotopic (exact) mass is 200 g/mol. The van der Waals surface area contributed by atoms with Crippen LogP contribution in [0.2, 0.25) is 4.34 Å². The highest BCUT2D eigenvalue weighted by molar-refractivity contribution is 7.16. The summed E-state index contributed by atoms with van der Waals surface area (Å²) >= 11 is 7.31. The van der Waals surface area contributed by atoms with E-state index in [4.69, 9.17) is 16.9 Å². The van der Waals surface area contributed by atoms with Crippen LogP contribution in [0, 0.1) is 11.3 Å². The first-order chi connectivity index (χ1) is 5.72. The van der Waals surface area contributed by atoms with Crippen molar-refractivity contribution in [1.29, 1.82) is 5.26 Å². The molecule has 0 bridgehead atoms. The molecule has 1 aromatic heterocycles. The average molecular weight is 201 g/mol. The zero-order chi connectivity index (χ0) is 8.97. The van der Waals surface area contributed by atoms with E-state index in [1.165, 1.54) is 4.88 Å². The van der Waals surface area contributed by atoms with E-state index in [0.717, 1.165) is 10.9 Å². The van der Waals surface area contributed by atoms with Gasteiger partial charge in [-0.1, -0.05) is 11.6 Å². The van der Waals surface area contributed by atoms with Crippen molar-refractivity contribution in [1.82, 2.24) is 4.90 Å². The maximum atomic E-state index is 8.41. The second-order valence-electron chi connectivity index (χ2n) is 2.54. The van der Waals surface area contributed by atoms with Crippen LogP contribution in [0.15, 0.2) is 12.1 Å². The molecule has 0 saturated carbocycles. The molecule has 0 aliphatic rings. The van der Waals surface area contributed by atoms with Crippen molar-refractivity contribution in [3.63, 3.8) is 0 Å². The highest BCUT2D eigenvalue weighted by atomic mass is 35.5. The molecule has 1 heterocycles. The van der Waals surface area contributed by atoms with Crippen molar-refractivity contribution in [2.24, 2.45) is 0 Å². The first kappa shape index (κ1) is 9.53. The highest BCUT2D eigenvalue weighted by Crippen LogP contribution is 2.22. The Hall–Kier alpha value is -0.560. The van der Waals surface area contributed by atoms with Gasteiger partial charge in [0.15, 0.2) is 0 Å². The van der Waals surface area contributed by atoms with Crippen molar-refractivity contribution >= 4 is 22.9 Å². The van der Waals surface area contributed by atoms with Crippen molar-refractivity contribution in [2.45, 2.75) is 6.54 Å². The van der Waals surface area contributed by atoms with Gasteiger partial charge < -0.3 is 0 Å². The number of nitrogens with zero attached hydrogens (tertiary/aromatic N) is 2. The van der Waals surface area contributed by atoms with Crippen LogP contribution >= 0.6 is 22.9 Å². The lowest BCUT2D eigenvalue weighted by Crippen LogP contribution is -2.16. The molecule has 0 N–H and O–H groups in total. The predicted octanol–water partition coefficient (Wildman–Crippen LogP) is 2.36. The lowest BCUT2D eigenvalue weighted by Gasteiger charge is -2.09. The molecule has 0 unspecified atom stereocenters. The molecule has 0 radical (unpaired) electrons. The zero-order valence-electron chi connectivity index (χ0n) is 6.75. The van der Waals surface area contributed by atoms with E-state index in [0.29, 0.717) is 6.54 Å². The van der Waals surface area contributed by atoms with Gasteiger partial charge in [-0.3, -0.25) is 4.90 Å². The first-order valence-electron chi connectivity index (χ1n) is 3.52. The molecule has 0 fully saturated rings. The van der Waals surface area contributed by atoms with E-state index >= 15 is 0 Å². The number of hydrogen-bond donors (Lipinski definition) is 0. The second kappa shape index (κ2) is 4.46. The molecule has 0 spiro atoms. The molecule has 4 heteroatoms. The van der Waals surface area contributed by atoms with E-state index in [1.54, 1.807) is 11.3 Å². The van der Waals surface area contributed by atoms with Gasteiger partial charge in [-0.15, -0.1) is 11.3 Å². The molecule has 2 nitrogen and oxygen atoms in total. The lowest BCUT2D eigenvalue weighted by molar-refractivity contribution is 0.371. The van der Waals surface area contributed by atoms with E-state index in [9.17, 15) is 0 Å². The van der Waals surface area contributed by atoms with Crippen LogP contribution < -0.4 is 0 Å². The van der Waals surface area contributed by atoms with Crippen LogP contribution in [0.25, 0.3) is 0 Å². The van der Waals surface area contributed by atoms with Gasteiger partial charge in [0.1, 0.15) is 0 Å². The average Bonchev–Trinajstić information content (AvgIpc) is 2.36. The molecule has 12 heavy (non-hydrogen) atoms. The molecule has 1 aromatic rings. The third-order valence-electron chi connectivity index (χ3n) is 1.40. The molecule has 0 aromatic carbocycles. The van der Waals surface area contributed by atoms with Gasteiger partial charge in [0.25, 0.3) is 0 Å². The zero-order valence-corrected chi connectivity index (χ0v) is 8.32. The molecule has 1 rings (SSSR count). The minimum absolute atomic E-state index is 0.454. The summed E-state index contributed by atoms with van der Waals surface area (Å²) in [4.78, 5) is 3.14. The van der Waals surface area contributed by atoms with E-state index < -0.39 is 0 Å². The maximum absolute atomic E-state index is 8.41. The molecular formula is C8H9ClN2S. The minimum Gasteiger partial charge on any atom is -0.289 e. The fourth-order valence-electron chi connectivity index (χ4n) is 0.879. The standard InChI is InChI=1S/C8H9ClN2S/c1-11(5-4-10)6-7-2-3-8(9)12-7/h2-3H,5-6H2,1H3. The topological polar surface area (TPSA) is 27.0 Å². The van der Waals surface area contributed by atoms with E-state index in [2.05, 4.69) is 6.07 Å².